The number of nitrogens with zero attached hydrogens (tertiary/aromatic N) is 2. The average Bonchev–Trinajstić information content (AvgIpc) is 3.07. The van der Waals surface area contributed by atoms with Crippen LogP contribution in [0.1, 0.15) is 25.3 Å². The molecule has 1 fully saturated rings. The highest BCUT2D eigenvalue weighted by atomic mass is 16.1. The lowest BCUT2D eigenvalue weighted by Gasteiger charge is -2.19. The van der Waals surface area contributed by atoms with E-state index >= 15 is 0 Å². The van der Waals surface area contributed by atoms with Gasteiger partial charge in [-0.25, -0.2) is 0 Å². The monoisotopic (exact) mass is 270 g/mol. The number of nitrogens with two attached hydrogens (primary N) is 2. The van der Waals surface area contributed by atoms with Crippen LogP contribution in [-0.4, -0.2) is 21.2 Å². The molecule has 1 aromatic carbocycles. The molecule has 104 valence electrons. The molecule has 1 aromatic heterocycles. The lowest BCUT2D eigenvalue weighted by atomic mass is 9.98. The lowest BCUT2D eigenvalue weighted by Crippen LogP contribution is -2.49. The first-order valence-electron chi connectivity index (χ1n) is 6.77. The third-order valence-corrected chi connectivity index (χ3v) is 4.10. The highest BCUT2D eigenvalue weighted by molar-refractivity contribution is 5.84. The SMILES string of the molecule is NC(=O)C1(N)CCC(n2cc(-c3ccccc3)cn2)C1. The van der Waals surface area contributed by atoms with Gasteiger partial charge in [0.2, 0.25) is 5.91 Å². The fourth-order valence-corrected chi connectivity index (χ4v) is 2.82. The molecule has 1 aliphatic rings. The Balaban J connectivity index is 1.80. The first-order valence-corrected chi connectivity index (χ1v) is 6.77. The van der Waals surface area contributed by atoms with Crippen LogP contribution in [0.5, 0.6) is 0 Å². The van der Waals surface area contributed by atoms with E-state index in [2.05, 4.69) is 5.10 Å². The molecule has 5 heteroatoms. The number of benzene rings is 1. The molecule has 3 rings (SSSR count). The van der Waals surface area contributed by atoms with E-state index in [9.17, 15) is 4.79 Å². The summed E-state index contributed by atoms with van der Waals surface area (Å²) in [5.41, 5.74) is 12.7. The van der Waals surface area contributed by atoms with E-state index in [4.69, 9.17) is 11.5 Å². The van der Waals surface area contributed by atoms with Crippen LogP contribution >= 0.6 is 0 Å². The second-order valence-corrected chi connectivity index (χ2v) is 5.49. The summed E-state index contributed by atoms with van der Waals surface area (Å²) >= 11 is 0. The Bertz CT molecular complexity index is 622. The first-order chi connectivity index (χ1) is 9.58. The van der Waals surface area contributed by atoms with Crippen LogP contribution in [0.2, 0.25) is 0 Å². The molecular weight excluding hydrogens is 252 g/mol. The van der Waals surface area contributed by atoms with E-state index in [1.165, 1.54) is 0 Å². The molecule has 1 amide bonds. The number of aromatic nitrogens is 2. The maximum atomic E-state index is 11.4. The molecular formula is C15H18N4O. The van der Waals surface area contributed by atoms with Gasteiger partial charge in [0, 0.05) is 11.8 Å². The number of carbonyl (C=O) groups excluding carboxylic acids is 1. The van der Waals surface area contributed by atoms with Gasteiger partial charge >= 0.3 is 0 Å². The molecule has 1 heterocycles. The Morgan fingerprint density at radius 2 is 2.05 bits per heavy atom. The molecule has 0 bridgehead atoms. The normalized spacial score (nSPS) is 25.8. The van der Waals surface area contributed by atoms with E-state index in [1.807, 2.05) is 47.4 Å². The van der Waals surface area contributed by atoms with Gasteiger partial charge in [0.1, 0.15) is 0 Å². The maximum absolute atomic E-state index is 11.4. The Morgan fingerprint density at radius 1 is 1.30 bits per heavy atom. The first kappa shape index (κ1) is 12.9. The molecule has 4 N–H and O–H groups in total. The summed E-state index contributed by atoms with van der Waals surface area (Å²) in [6.45, 7) is 0. The zero-order chi connectivity index (χ0) is 14.2. The van der Waals surface area contributed by atoms with Crippen molar-refractivity contribution < 1.29 is 4.79 Å². The summed E-state index contributed by atoms with van der Waals surface area (Å²) in [6, 6.07) is 10.2. The standard InChI is InChI=1S/C15H18N4O/c16-14(20)15(17)7-6-13(8-15)19-10-12(9-18-19)11-4-2-1-3-5-11/h1-5,9-10,13H,6-8,17H2,(H2,16,20). The van der Waals surface area contributed by atoms with Crippen LogP contribution < -0.4 is 11.5 Å². The third-order valence-electron chi connectivity index (χ3n) is 4.10. The smallest absolute Gasteiger partial charge is 0.237 e. The molecule has 0 aliphatic heterocycles. The van der Waals surface area contributed by atoms with Crippen LogP contribution in [0.3, 0.4) is 0 Å². The Kier molecular flexibility index (Phi) is 3.06. The van der Waals surface area contributed by atoms with Crippen molar-refractivity contribution in [3.05, 3.63) is 42.7 Å². The highest BCUT2D eigenvalue weighted by Crippen LogP contribution is 2.36. The van der Waals surface area contributed by atoms with E-state index in [0.717, 1.165) is 17.5 Å². The summed E-state index contributed by atoms with van der Waals surface area (Å²) in [5, 5.41) is 4.41. The van der Waals surface area contributed by atoms with Crippen LogP contribution in [0.15, 0.2) is 42.7 Å². The van der Waals surface area contributed by atoms with Crippen LogP contribution in [0.25, 0.3) is 11.1 Å². The molecule has 5 nitrogen and oxygen atoms in total. The largest absolute Gasteiger partial charge is 0.368 e. The predicted octanol–water partition coefficient (Wildman–Crippen LogP) is 1.46. The van der Waals surface area contributed by atoms with Gasteiger partial charge in [-0.2, -0.15) is 5.10 Å². The molecule has 0 spiro atoms. The second-order valence-electron chi connectivity index (χ2n) is 5.49. The second kappa shape index (κ2) is 4.76. The Labute approximate surface area is 117 Å². The zero-order valence-electron chi connectivity index (χ0n) is 11.2. The average molecular weight is 270 g/mol. The number of rotatable bonds is 3. The van der Waals surface area contributed by atoms with Gasteiger partial charge < -0.3 is 11.5 Å². The van der Waals surface area contributed by atoms with Crippen molar-refractivity contribution in [3.8, 4) is 11.1 Å². The molecule has 1 aliphatic carbocycles. The number of hydrogen-bond donors (Lipinski definition) is 2. The van der Waals surface area contributed by atoms with Crippen molar-refractivity contribution in [3.63, 3.8) is 0 Å². The van der Waals surface area contributed by atoms with Crippen molar-refractivity contribution in [2.45, 2.75) is 30.8 Å². The van der Waals surface area contributed by atoms with Gasteiger partial charge in [-0.1, -0.05) is 30.3 Å². The fraction of sp³-hybridized carbons (Fsp3) is 0.333. The van der Waals surface area contributed by atoms with E-state index in [-0.39, 0.29) is 6.04 Å². The summed E-state index contributed by atoms with van der Waals surface area (Å²) in [6.07, 6.45) is 5.85. The van der Waals surface area contributed by atoms with Gasteiger partial charge in [-0.3, -0.25) is 9.48 Å². The molecule has 0 saturated heterocycles. The van der Waals surface area contributed by atoms with Gasteiger partial charge in [-0.05, 0) is 24.8 Å². The lowest BCUT2D eigenvalue weighted by molar-refractivity contribution is -0.123. The molecule has 2 aromatic rings. The van der Waals surface area contributed by atoms with Crippen LogP contribution in [0, 0.1) is 0 Å². The number of primary amides is 1. The molecule has 2 atom stereocenters. The minimum Gasteiger partial charge on any atom is -0.368 e. The number of carbonyl (C=O) groups is 1. The Hall–Kier alpha value is -2.14. The van der Waals surface area contributed by atoms with Crippen molar-refractivity contribution in [1.29, 1.82) is 0 Å². The molecule has 1 saturated carbocycles. The summed E-state index contributed by atoms with van der Waals surface area (Å²) < 4.78 is 1.90. The number of hydrogen-bond acceptors (Lipinski definition) is 3. The minimum absolute atomic E-state index is 0.143. The van der Waals surface area contributed by atoms with E-state index in [0.29, 0.717) is 12.8 Å². The maximum Gasteiger partial charge on any atom is 0.237 e. The quantitative estimate of drug-likeness (QED) is 0.885. The topological polar surface area (TPSA) is 86.9 Å². The summed E-state index contributed by atoms with van der Waals surface area (Å²) in [7, 11) is 0. The van der Waals surface area contributed by atoms with Gasteiger partial charge in [0.25, 0.3) is 0 Å². The molecule has 0 radical (unpaired) electrons. The van der Waals surface area contributed by atoms with Crippen molar-refractivity contribution >= 4 is 5.91 Å². The van der Waals surface area contributed by atoms with Gasteiger partial charge in [-0.15, -0.1) is 0 Å². The Morgan fingerprint density at radius 3 is 2.70 bits per heavy atom. The summed E-state index contributed by atoms with van der Waals surface area (Å²) in [4.78, 5) is 11.4. The predicted molar refractivity (Wildman–Crippen MR) is 76.7 cm³/mol. The zero-order valence-corrected chi connectivity index (χ0v) is 11.2. The van der Waals surface area contributed by atoms with Crippen LogP contribution in [-0.2, 0) is 4.79 Å². The van der Waals surface area contributed by atoms with Crippen LogP contribution in [0.4, 0.5) is 0 Å². The van der Waals surface area contributed by atoms with Crippen molar-refractivity contribution in [1.82, 2.24) is 9.78 Å². The summed E-state index contributed by atoms with van der Waals surface area (Å²) in [5.74, 6) is -0.421. The minimum atomic E-state index is -0.885. The van der Waals surface area contributed by atoms with Crippen molar-refractivity contribution in [2.24, 2.45) is 11.5 Å². The van der Waals surface area contributed by atoms with Gasteiger partial charge in [0.05, 0.1) is 17.8 Å². The van der Waals surface area contributed by atoms with Gasteiger partial charge in [0.15, 0.2) is 0 Å². The van der Waals surface area contributed by atoms with E-state index in [1.54, 1.807) is 0 Å². The number of amides is 1. The fourth-order valence-electron chi connectivity index (χ4n) is 2.82. The van der Waals surface area contributed by atoms with Crippen molar-refractivity contribution in [2.75, 3.05) is 0 Å². The highest BCUT2D eigenvalue weighted by Gasteiger charge is 2.41. The molecule has 20 heavy (non-hydrogen) atoms. The molecule has 2 unspecified atom stereocenters. The third kappa shape index (κ3) is 2.20. The van der Waals surface area contributed by atoms with E-state index < -0.39 is 11.4 Å².